The first kappa shape index (κ1) is 9.46. The smallest absolute Gasteiger partial charge is 0.164 e. The van der Waals surface area contributed by atoms with E-state index in [1.165, 1.54) is 6.07 Å². The van der Waals surface area contributed by atoms with Gasteiger partial charge in [0.25, 0.3) is 0 Å². The molecule has 0 aliphatic carbocycles. The highest BCUT2D eigenvalue weighted by Crippen LogP contribution is 2.14. The van der Waals surface area contributed by atoms with Crippen molar-refractivity contribution in [3.8, 4) is 0 Å². The molecule has 0 aliphatic rings. The van der Waals surface area contributed by atoms with E-state index in [4.69, 9.17) is 11.6 Å². The first-order chi connectivity index (χ1) is 5.59. The standard InChI is InChI=1S/C9H11ClFN/c1-6(2)3-7-4-8(11)9(10)12-5-7/h4-6H,3H2,1-2H3. The van der Waals surface area contributed by atoms with Crippen molar-refractivity contribution in [2.45, 2.75) is 20.3 Å². The minimum atomic E-state index is -0.435. The molecule has 0 saturated carbocycles. The molecule has 12 heavy (non-hydrogen) atoms. The van der Waals surface area contributed by atoms with Gasteiger partial charge in [-0.2, -0.15) is 0 Å². The summed E-state index contributed by atoms with van der Waals surface area (Å²) in [5.41, 5.74) is 0.895. The molecule has 0 unspecified atom stereocenters. The number of aromatic nitrogens is 1. The first-order valence-electron chi connectivity index (χ1n) is 3.89. The summed E-state index contributed by atoms with van der Waals surface area (Å²) >= 11 is 5.43. The number of pyridine rings is 1. The summed E-state index contributed by atoms with van der Waals surface area (Å²) in [6.45, 7) is 4.15. The van der Waals surface area contributed by atoms with Crippen LogP contribution in [0.3, 0.4) is 0 Å². The zero-order valence-corrected chi connectivity index (χ0v) is 7.90. The van der Waals surface area contributed by atoms with Crippen LogP contribution in [0.15, 0.2) is 12.3 Å². The van der Waals surface area contributed by atoms with E-state index in [9.17, 15) is 4.39 Å². The van der Waals surface area contributed by atoms with Crippen molar-refractivity contribution >= 4 is 11.6 Å². The van der Waals surface area contributed by atoms with Crippen LogP contribution in [0.5, 0.6) is 0 Å². The molecule has 1 nitrogen and oxygen atoms in total. The molecule has 0 aliphatic heterocycles. The average Bonchev–Trinajstić information content (AvgIpc) is 1.96. The molecule has 0 amide bonds. The molecule has 0 N–H and O–H groups in total. The Morgan fingerprint density at radius 3 is 2.75 bits per heavy atom. The Labute approximate surface area is 76.6 Å². The minimum absolute atomic E-state index is 0.0532. The van der Waals surface area contributed by atoms with Gasteiger partial charge in [0.15, 0.2) is 11.0 Å². The highest BCUT2D eigenvalue weighted by Gasteiger charge is 2.03. The minimum Gasteiger partial charge on any atom is -0.241 e. The molecule has 1 rings (SSSR count). The fourth-order valence-corrected chi connectivity index (χ4v) is 1.15. The monoisotopic (exact) mass is 187 g/mol. The van der Waals surface area contributed by atoms with Crippen molar-refractivity contribution in [3.05, 3.63) is 28.8 Å². The predicted molar refractivity (Wildman–Crippen MR) is 47.7 cm³/mol. The van der Waals surface area contributed by atoms with Crippen molar-refractivity contribution in [3.63, 3.8) is 0 Å². The predicted octanol–water partition coefficient (Wildman–Crippen LogP) is 3.07. The Morgan fingerprint density at radius 1 is 1.58 bits per heavy atom. The lowest BCUT2D eigenvalue weighted by Crippen LogP contribution is -1.96. The van der Waals surface area contributed by atoms with Crippen LogP contribution < -0.4 is 0 Å². The summed E-state index contributed by atoms with van der Waals surface area (Å²) in [4.78, 5) is 3.72. The van der Waals surface area contributed by atoms with E-state index in [-0.39, 0.29) is 5.15 Å². The van der Waals surface area contributed by atoms with Gasteiger partial charge in [-0.25, -0.2) is 9.37 Å². The number of hydrogen-bond donors (Lipinski definition) is 0. The number of nitrogens with zero attached hydrogens (tertiary/aromatic N) is 1. The van der Waals surface area contributed by atoms with E-state index in [0.29, 0.717) is 5.92 Å². The van der Waals surface area contributed by atoms with Gasteiger partial charge >= 0.3 is 0 Å². The molecule has 1 aromatic rings. The van der Waals surface area contributed by atoms with Gasteiger partial charge < -0.3 is 0 Å². The van der Waals surface area contributed by atoms with Crippen LogP contribution >= 0.6 is 11.6 Å². The number of halogens is 2. The van der Waals surface area contributed by atoms with Crippen LogP contribution in [0.2, 0.25) is 5.15 Å². The van der Waals surface area contributed by atoms with Crippen LogP contribution in [0.25, 0.3) is 0 Å². The first-order valence-corrected chi connectivity index (χ1v) is 4.27. The van der Waals surface area contributed by atoms with Gasteiger partial charge in [-0.05, 0) is 24.0 Å². The van der Waals surface area contributed by atoms with Crippen molar-refractivity contribution in [1.29, 1.82) is 0 Å². The van der Waals surface area contributed by atoms with E-state index in [2.05, 4.69) is 18.8 Å². The lowest BCUT2D eigenvalue weighted by atomic mass is 10.1. The summed E-state index contributed by atoms with van der Waals surface area (Å²) in [6, 6.07) is 1.44. The molecular formula is C9H11ClFN. The molecule has 0 fully saturated rings. The second-order valence-electron chi connectivity index (χ2n) is 3.21. The summed E-state index contributed by atoms with van der Waals surface area (Å²) in [5, 5.41) is -0.0532. The summed E-state index contributed by atoms with van der Waals surface area (Å²) < 4.78 is 12.8. The fraction of sp³-hybridized carbons (Fsp3) is 0.444. The van der Waals surface area contributed by atoms with E-state index < -0.39 is 5.82 Å². The zero-order chi connectivity index (χ0) is 9.14. The zero-order valence-electron chi connectivity index (χ0n) is 7.14. The van der Waals surface area contributed by atoms with Crippen LogP contribution in [0.4, 0.5) is 4.39 Å². The van der Waals surface area contributed by atoms with Gasteiger partial charge in [0.2, 0.25) is 0 Å². The molecule has 66 valence electrons. The lowest BCUT2D eigenvalue weighted by molar-refractivity contribution is 0.606. The molecule has 0 bridgehead atoms. The van der Waals surface area contributed by atoms with Crippen molar-refractivity contribution < 1.29 is 4.39 Å². The van der Waals surface area contributed by atoms with Crippen LogP contribution in [0, 0.1) is 11.7 Å². The Morgan fingerprint density at radius 2 is 2.25 bits per heavy atom. The number of hydrogen-bond acceptors (Lipinski definition) is 1. The summed E-state index contributed by atoms with van der Waals surface area (Å²) in [5.74, 6) is 0.0715. The molecular weight excluding hydrogens is 177 g/mol. The lowest BCUT2D eigenvalue weighted by Gasteiger charge is -2.04. The van der Waals surface area contributed by atoms with Gasteiger partial charge in [-0.15, -0.1) is 0 Å². The van der Waals surface area contributed by atoms with Gasteiger partial charge in [-0.1, -0.05) is 25.4 Å². The van der Waals surface area contributed by atoms with Gasteiger partial charge in [0.05, 0.1) is 0 Å². The maximum atomic E-state index is 12.8. The molecule has 3 heteroatoms. The molecule has 0 atom stereocenters. The molecule has 0 saturated heterocycles. The quantitative estimate of drug-likeness (QED) is 0.649. The molecule has 0 radical (unpaired) electrons. The number of rotatable bonds is 2. The fourth-order valence-electron chi connectivity index (χ4n) is 1.04. The van der Waals surface area contributed by atoms with E-state index >= 15 is 0 Å². The third-order valence-electron chi connectivity index (χ3n) is 1.50. The van der Waals surface area contributed by atoms with E-state index in [1.54, 1.807) is 6.20 Å². The average molecular weight is 188 g/mol. The van der Waals surface area contributed by atoms with Crippen LogP contribution in [-0.4, -0.2) is 4.98 Å². The molecule has 0 spiro atoms. The second-order valence-corrected chi connectivity index (χ2v) is 3.57. The van der Waals surface area contributed by atoms with Crippen LogP contribution in [-0.2, 0) is 6.42 Å². The third-order valence-corrected chi connectivity index (χ3v) is 1.77. The second kappa shape index (κ2) is 3.85. The highest BCUT2D eigenvalue weighted by atomic mass is 35.5. The largest absolute Gasteiger partial charge is 0.241 e. The Bertz CT molecular complexity index is 273. The molecule has 1 heterocycles. The normalized spacial score (nSPS) is 10.8. The van der Waals surface area contributed by atoms with Crippen molar-refractivity contribution in [2.75, 3.05) is 0 Å². The maximum Gasteiger partial charge on any atom is 0.164 e. The van der Waals surface area contributed by atoms with Crippen molar-refractivity contribution in [2.24, 2.45) is 5.92 Å². The SMILES string of the molecule is CC(C)Cc1cnc(Cl)c(F)c1. The van der Waals surface area contributed by atoms with E-state index in [0.717, 1.165) is 12.0 Å². The Hall–Kier alpha value is -0.630. The summed E-state index contributed by atoms with van der Waals surface area (Å²) in [6.07, 6.45) is 2.45. The van der Waals surface area contributed by atoms with E-state index in [1.807, 2.05) is 0 Å². The van der Waals surface area contributed by atoms with Gasteiger partial charge in [0.1, 0.15) is 0 Å². The van der Waals surface area contributed by atoms with Gasteiger partial charge in [0, 0.05) is 6.20 Å². The Kier molecular flexibility index (Phi) is 3.04. The van der Waals surface area contributed by atoms with Gasteiger partial charge in [-0.3, -0.25) is 0 Å². The third kappa shape index (κ3) is 2.45. The highest BCUT2D eigenvalue weighted by molar-refractivity contribution is 6.29. The van der Waals surface area contributed by atoms with Crippen LogP contribution in [0.1, 0.15) is 19.4 Å². The summed E-state index contributed by atoms with van der Waals surface area (Å²) in [7, 11) is 0. The maximum absolute atomic E-state index is 12.8. The molecule has 0 aromatic carbocycles. The molecule has 1 aromatic heterocycles. The topological polar surface area (TPSA) is 12.9 Å². The Balaban J connectivity index is 2.82. The van der Waals surface area contributed by atoms with Crippen molar-refractivity contribution in [1.82, 2.24) is 4.98 Å².